The highest BCUT2D eigenvalue weighted by Crippen LogP contribution is 2.05. The van der Waals surface area contributed by atoms with Crippen LogP contribution < -0.4 is 5.73 Å². The van der Waals surface area contributed by atoms with Gasteiger partial charge in [-0.15, -0.1) is 0 Å². The maximum absolute atomic E-state index is 8.65. The molecule has 1 aromatic rings. The van der Waals surface area contributed by atoms with Crippen LogP contribution in [0.1, 0.15) is 33.0 Å². The van der Waals surface area contributed by atoms with Crippen LogP contribution >= 0.6 is 0 Å². The molecule has 0 aliphatic heterocycles. The molecule has 1 aromatic heterocycles. The third kappa shape index (κ3) is 5.25. The largest absolute Gasteiger partial charge is 0.409 e. The van der Waals surface area contributed by atoms with Crippen molar-refractivity contribution in [3.63, 3.8) is 0 Å². The van der Waals surface area contributed by atoms with Crippen LogP contribution in [0.2, 0.25) is 0 Å². The predicted octanol–water partition coefficient (Wildman–Crippen LogP) is 0.892. The smallest absolute Gasteiger partial charge is 0.153 e. The molecule has 7 nitrogen and oxygen atoms in total. The summed E-state index contributed by atoms with van der Waals surface area (Å²) in [5.74, 6) is 1.64. The fourth-order valence-corrected chi connectivity index (χ4v) is 1.90. The van der Waals surface area contributed by atoms with Crippen molar-refractivity contribution in [3.8, 4) is 0 Å². The summed E-state index contributed by atoms with van der Waals surface area (Å²) in [6.07, 6.45) is 2.57. The van der Waals surface area contributed by atoms with Gasteiger partial charge in [0.2, 0.25) is 0 Å². The Hall–Kier alpha value is -1.63. The molecule has 7 heteroatoms. The maximum atomic E-state index is 8.65. The number of nitrogens with two attached hydrogens (primary N) is 1. The van der Waals surface area contributed by atoms with Gasteiger partial charge in [0, 0.05) is 6.54 Å². The summed E-state index contributed by atoms with van der Waals surface area (Å²) in [6, 6.07) is 0. The predicted molar refractivity (Wildman–Crippen MR) is 73.8 cm³/mol. The van der Waals surface area contributed by atoms with Crippen LogP contribution in [0.3, 0.4) is 0 Å². The molecule has 1 heterocycles. The quantitative estimate of drug-likeness (QED) is 0.316. The Morgan fingerprint density at radius 1 is 1.58 bits per heavy atom. The van der Waals surface area contributed by atoms with Crippen LogP contribution in [0, 0.1) is 5.92 Å². The molecule has 0 bridgehead atoms. The second-order valence-electron chi connectivity index (χ2n) is 5.05. The fraction of sp³-hybridized carbons (Fsp3) is 0.750. The highest BCUT2D eigenvalue weighted by Gasteiger charge is 2.12. The van der Waals surface area contributed by atoms with E-state index in [1.807, 2.05) is 4.68 Å². The van der Waals surface area contributed by atoms with Crippen LogP contribution in [0.25, 0.3) is 0 Å². The van der Waals surface area contributed by atoms with Gasteiger partial charge in [-0.25, -0.2) is 9.67 Å². The molecule has 3 N–H and O–H groups in total. The first kappa shape index (κ1) is 15.4. The van der Waals surface area contributed by atoms with Gasteiger partial charge in [-0.05, 0) is 18.9 Å². The van der Waals surface area contributed by atoms with Crippen molar-refractivity contribution in [3.05, 3.63) is 12.2 Å². The first-order valence-electron chi connectivity index (χ1n) is 6.62. The highest BCUT2D eigenvalue weighted by atomic mass is 16.4. The number of hydrogen-bond acceptors (Lipinski definition) is 5. The zero-order valence-corrected chi connectivity index (χ0v) is 12.0. The van der Waals surface area contributed by atoms with Crippen molar-refractivity contribution in [2.75, 3.05) is 13.1 Å². The SMILES string of the molecule is CCCN(CC(N)=NO)Cc1ncnn1CC(C)C. The Kier molecular flexibility index (Phi) is 6.27. The van der Waals surface area contributed by atoms with Gasteiger partial charge in [-0.3, -0.25) is 4.90 Å². The Morgan fingerprint density at radius 2 is 2.32 bits per heavy atom. The van der Waals surface area contributed by atoms with Crippen molar-refractivity contribution in [2.45, 2.75) is 40.3 Å². The average Bonchev–Trinajstić information content (AvgIpc) is 2.76. The van der Waals surface area contributed by atoms with E-state index >= 15 is 0 Å². The standard InChI is InChI=1S/C12H24N6O/c1-4-5-17(7-11(13)16-19)8-12-14-9-15-18(12)6-10(2)3/h9-10,19H,4-8H2,1-3H3,(H2,13,16). The van der Waals surface area contributed by atoms with Gasteiger partial charge >= 0.3 is 0 Å². The summed E-state index contributed by atoms with van der Waals surface area (Å²) in [7, 11) is 0. The fourth-order valence-electron chi connectivity index (χ4n) is 1.90. The molecule has 0 amide bonds. The molecule has 0 unspecified atom stereocenters. The Balaban J connectivity index is 2.70. The molecular weight excluding hydrogens is 244 g/mol. The van der Waals surface area contributed by atoms with Gasteiger partial charge in [0.05, 0.1) is 13.1 Å². The van der Waals surface area contributed by atoms with Gasteiger partial charge < -0.3 is 10.9 Å². The third-order valence-corrected chi connectivity index (χ3v) is 2.65. The number of nitrogens with zero attached hydrogens (tertiary/aromatic N) is 5. The van der Waals surface area contributed by atoms with E-state index in [4.69, 9.17) is 10.9 Å². The van der Waals surface area contributed by atoms with E-state index in [9.17, 15) is 0 Å². The van der Waals surface area contributed by atoms with E-state index in [1.54, 1.807) is 6.33 Å². The second kappa shape index (κ2) is 7.73. The number of aromatic nitrogens is 3. The molecule has 0 aliphatic carbocycles. The molecule has 0 atom stereocenters. The van der Waals surface area contributed by atoms with E-state index in [2.05, 4.69) is 40.9 Å². The number of amidine groups is 1. The third-order valence-electron chi connectivity index (χ3n) is 2.65. The van der Waals surface area contributed by atoms with Crippen LogP contribution in [0.4, 0.5) is 0 Å². The highest BCUT2D eigenvalue weighted by molar-refractivity contribution is 5.81. The number of rotatable bonds is 8. The summed E-state index contributed by atoms with van der Waals surface area (Å²) < 4.78 is 1.92. The molecule has 0 radical (unpaired) electrons. The van der Waals surface area contributed by atoms with E-state index in [-0.39, 0.29) is 5.84 Å². The molecule has 0 saturated carbocycles. The lowest BCUT2D eigenvalue weighted by Gasteiger charge is -2.20. The first-order chi connectivity index (χ1) is 9.06. The summed E-state index contributed by atoms with van der Waals surface area (Å²) in [4.78, 5) is 6.38. The monoisotopic (exact) mass is 268 g/mol. The van der Waals surface area contributed by atoms with Gasteiger partial charge in [0.25, 0.3) is 0 Å². The van der Waals surface area contributed by atoms with E-state index in [0.717, 1.165) is 25.3 Å². The molecule has 0 aromatic carbocycles. The van der Waals surface area contributed by atoms with Crippen molar-refractivity contribution in [1.29, 1.82) is 0 Å². The average molecular weight is 268 g/mol. The van der Waals surface area contributed by atoms with Crippen LogP contribution in [-0.4, -0.2) is 43.8 Å². The molecule has 0 spiro atoms. The second-order valence-corrected chi connectivity index (χ2v) is 5.05. The first-order valence-corrected chi connectivity index (χ1v) is 6.62. The minimum absolute atomic E-state index is 0.211. The maximum Gasteiger partial charge on any atom is 0.153 e. The molecule has 108 valence electrons. The Labute approximate surface area is 114 Å². The number of oxime groups is 1. The van der Waals surface area contributed by atoms with Gasteiger partial charge in [0.15, 0.2) is 5.84 Å². The van der Waals surface area contributed by atoms with Crippen LogP contribution in [0.5, 0.6) is 0 Å². The lowest BCUT2D eigenvalue weighted by molar-refractivity contribution is 0.274. The lowest BCUT2D eigenvalue weighted by Crippen LogP contribution is -2.35. The van der Waals surface area contributed by atoms with Gasteiger partial charge in [-0.2, -0.15) is 5.10 Å². The summed E-state index contributed by atoms with van der Waals surface area (Å²) in [6.45, 7) is 9.18. The zero-order chi connectivity index (χ0) is 14.3. The van der Waals surface area contributed by atoms with Crippen LogP contribution in [-0.2, 0) is 13.1 Å². The van der Waals surface area contributed by atoms with Crippen molar-refractivity contribution in [2.24, 2.45) is 16.8 Å². The molecule has 1 rings (SSSR count). The topological polar surface area (TPSA) is 92.6 Å². The van der Waals surface area contributed by atoms with E-state index in [0.29, 0.717) is 19.0 Å². The van der Waals surface area contributed by atoms with E-state index in [1.165, 1.54) is 0 Å². The van der Waals surface area contributed by atoms with Crippen molar-refractivity contribution < 1.29 is 5.21 Å². The number of hydrogen-bond donors (Lipinski definition) is 2. The minimum atomic E-state index is 0.211. The summed E-state index contributed by atoms with van der Waals surface area (Å²) >= 11 is 0. The lowest BCUT2D eigenvalue weighted by atomic mass is 10.2. The molecular formula is C12H24N6O. The van der Waals surface area contributed by atoms with Crippen molar-refractivity contribution in [1.82, 2.24) is 19.7 Å². The Bertz CT molecular complexity index is 401. The van der Waals surface area contributed by atoms with E-state index < -0.39 is 0 Å². The normalized spacial score (nSPS) is 12.6. The Morgan fingerprint density at radius 3 is 2.89 bits per heavy atom. The molecule has 19 heavy (non-hydrogen) atoms. The zero-order valence-electron chi connectivity index (χ0n) is 12.0. The van der Waals surface area contributed by atoms with Gasteiger partial charge in [-0.1, -0.05) is 25.9 Å². The van der Waals surface area contributed by atoms with Gasteiger partial charge in [0.1, 0.15) is 12.2 Å². The summed E-state index contributed by atoms with van der Waals surface area (Å²) in [5.41, 5.74) is 5.57. The van der Waals surface area contributed by atoms with Crippen LogP contribution in [0.15, 0.2) is 11.5 Å². The minimum Gasteiger partial charge on any atom is -0.409 e. The molecule has 0 saturated heterocycles. The summed E-state index contributed by atoms with van der Waals surface area (Å²) in [5, 5.41) is 15.9. The molecule has 0 aliphatic rings. The molecule has 0 fully saturated rings. The van der Waals surface area contributed by atoms with Crippen molar-refractivity contribution >= 4 is 5.84 Å².